The van der Waals surface area contributed by atoms with Gasteiger partial charge in [0.15, 0.2) is 0 Å². The summed E-state index contributed by atoms with van der Waals surface area (Å²) in [5.74, 6) is 0. The maximum Gasteiger partial charge on any atom is 0.138 e. The molecule has 2 aromatic rings. The average Bonchev–Trinajstić information content (AvgIpc) is 2.70. The molecule has 1 heterocycles. The Kier molecular flexibility index (Phi) is 2.70. The Morgan fingerprint density at radius 2 is 2.27 bits per heavy atom. The second-order valence-corrected chi connectivity index (χ2v) is 3.75. The van der Waals surface area contributed by atoms with Gasteiger partial charge >= 0.3 is 0 Å². The molecule has 0 fully saturated rings. The highest BCUT2D eigenvalue weighted by Crippen LogP contribution is 2.23. The van der Waals surface area contributed by atoms with Gasteiger partial charge in [-0.05, 0) is 24.6 Å². The first-order valence-corrected chi connectivity index (χ1v) is 4.96. The lowest BCUT2D eigenvalue weighted by molar-refractivity contribution is 0.814. The molecule has 2 N–H and O–H groups in total. The van der Waals surface area contributed by atoms with E-state index >= 15 is 0 Å². The van der Waals surface area contributed by atoms with E-state index in [1.54, 1.807) is 11.0 Å². The van der Waals surface area contributed by atoms with E-state index in [0.29, 0.717) is 5.02 Å². The molecule has 0 spiro atoms. The van der Waals surface area contributed by atoms with Gasteiger partial charge in [-0.2, -0.15) is 5.10 Å². The fourth-order valence-corrected chi connectivity index (χ4v) is 1.60. The summed E-state index contributed by atoms with van der Waals surface area (Å²) in [7, 11) is 0. The summed E-state index contributed by atoms with van der Waals surface area (Å²) in [6, 6.07) is 5.65. The van der Waals surface area contributed by atoms with Gasteiger partial charge in [-0.3, -0.25) is 0 Å². The molecular weight excluding hydrogens is 212 g/mol. The maximum absolute atomic E-state index is 6.12. The predicted molar refractivity (Wildman–Crippen MR) is 59.0 cm³/mol. The fourth-order valence-electron chi connectivity index (χ4n) is 1.32. The summed E-state index contributed by atoms with van der Waals surface area (Å²) >= 11 is 6.12. The van der Waals surface area contributed by atoms with Gasteiger partial charge in [-0.15, -0.1) is 0 Å². The maximum atomic E-state index is 6.12. The number of nitrogens with zero attached hydrogens (tertiary/aromatic N) is 3. The minimum absolute atomic E-state index is 0.0210. The Morgan fingerprint density at radius 1 is 1.47 bits per heavy atom. The van der Waals surface area contributed by atoms with Crippen LogP contribution in [0.15, 0.2) is 30.9 Å². The molecule has 0 unspecified atom stereocenters. The van der Waals surface area contributed by atoms with E-state index in [4.69, 9.17) is 17.3 Å². The topological polar surface area (TPSA) is 56.7 Å². The highest BCUT2D eigenvalue weighted by molar-refractivity contribution is 6.32. The minimum Gasteiger partial charge on any atom is -0.324 e. The van der Waals surface area contributed by atoms with E-state index < -0.39 is 0 Å². The third-order valence-corrected chi connectivity index (χ3v) is 2.47. The third kappa shape index (κ3) is 2.00. The lowest BCUT2D eigenvalue weighted by Gasteiger charge is -2.08. The summed E-state index contributed by atoms with van der Waals surface area (Å²) in [5, 5.41) is 4.63. The molecule has 1 atom stereocenters. The molecule has 0 bridgehead atoms. The number of nitrogens with two attached hydrogens (primary N) is 1. The van der Waals surface area contributed by atoms with Crippen molar-refractivity contribution in [1.29, 1.82) is 0 Å². The first-order valence-electron chi connectivity index (χ1n) is 4.58. The standard InChI is InChI=1S/C10H11ClN4/c1-7(12)8-2-3-10(9(11)4-8)15-6-13-5-14-15/h2-7H,12H2,1H3/t7-/m1/s1. The van der Waals surface area contributed by atoms with Crippen molar-refractivity contribution in [2.45, 2.75) is 13.0 Å². The van der Waals surface area contributed by atoms with Crippen LogP contribution in [0.5, 0.6) is 0 Å². The highest BCUT2D eigenvalue weighted by Gasteiger charge is 2.06. The summed E-state index contributed by atoms with van der Waals surface area (Å²) in [4.78, 5) is 3.87. The van der Waals surface area contributed by atoms with E-state index in [1.165, 1.54) is 6.33 Å². The number of benzene rings is 1. The number of hydrogen-bond acceptors (Lipinski definition) is 3. The van der Waals surface area contributed by atoms with Crippen LogP contribution in [0.2, 0.25) is 5.02 Å². The van der Waals surface area contributed by atoms with Crippen LogP contribution in [0.25, 0.3) is 5.69 Å². The molecule has 1 aromatic heterocycles. The number of rotatable bonds is 2. The summed E-state index contributed by atoms with van der Waals surface area (Å²) in [5.41, 5.74) is 7.57. The van der Waals surface area contributed by atoms with Gasteiger partial charge in [-0.25, -0.2) is 9.67 Å². The summed E-state index contributed by atoms with van der Waals surface area (Å²) in [6.07, 6.45) is 3.07. The van der Waals surface area contributed by atoms with Crippen molar-refractivity contribution in [2.75, 3.05) is 0 Å². The van der Waals surface area contributed by atoms with Crippen LogP contribution in [-0.2, 0) is 0 Å². The van der Waals surface area contributed by atoms with E-state index in [2.05, 4.69) is 10.1 Å². The first kappa shape index (κ1) is 10.1. The molecule has 0 aliphatic rings. The molecule has 78 valence electrons. The molecule has 0 amide bonds. The van der Waals surface area contributed by atoms with Crippen LogP contribution in [0, 0.1) is 0 Å². The van der Waals surface area contributed by atoms with Crippen molar-refractivity contribution >= 4 is 11.6 Å². The van der Waals surface area contributed by atoms with Crippen molar-refractivity contribution in [3.05, 3.63) is 41.4 Å². The molecular formula is C10H11ClN4. The van der Waals surface area contributed by atoms with E-state index in [0.717, 1.165) is 11.3 Å². The molecule has 0 aliphatic carbocycles. The average molecular weight is 223 g/mol. The largest absolute Gasteiger partial charge is 0.324 e. The van der Waals surface area contributed by atoms with Gasteiger partial charge in [0.2, 0.25) is 0 Å². The van der Waals surface area contributed by atoms with Crippen LogP contribution >= 0.6 is 11.6 Å². The number of aromatic nitrogens is 3. The molecule has 2 rings (SSSR count). The lowest BCUT2D eigenvalue weighted by atomic mass is 10.1. The lowest BCUT2D eigenvalue weighted by Crippen LogP contribution is -2.05. The van der Waals surface area contributed by atoms with Crippen molar-refractivity contribution in [3.8, 4) is 5.69 Å². The molecule has 15 heavy (non-hydrogen) atoms. The van der Waals surface area contributed by atoms with Gasteiger partial charge in [0.25, 0.3) is 0 Å². The molecule has 5 heteroatoms. The molecule has 0 aliphatic heterocycles. The predicted octanol–water partition coefficient (Wildman–Crippen LogP) is 1.94. The summed E-state index contributed by atoms with van der Waals surface area (Å²) < 4.78 is 1.62. The molecule has 0 saturated carbocycles. The number of halogens is 1. The van der Waals surface area contributed by atoms with Gasteiger partial charge in [0.05, 0.1) is 10.7 Å². The molecule has 0 saturated heterocycles. The highest BCUT2D eigenvalue weighted by atomic mass is 35.5. The first-order chi connectivity index (χ1) is 7.18. The second-order valence-electron chi connectivity index (χ2n) is 3.34. The number of hydrogen-bond donors (Lipinski definition) is 1. The van der Waals surface area contributed by atoms with Crippen LogP contribution in [0.1, 0.15) is 18.5 Å². The van der Waals surface area contributed by atoms with Crippen molar-refractivity contribution in [3.63, 3.8) is 0 Å². The van der Waals surface area contributed by atoms with Gasteiger partial charge in [0.1, 0.15) is 12.7 Å². The van der Waals surface area contributed by atoms with Crippen LogP contribution in [-0.4, -0.2) is 14.8 Å². The fraction of sp³-hybridized carbons (Fsp3) is 0.200. The summed E-state index contributed by atoms with van der Waals surface area (Å²) in [6.45, 7) is 1.92. The van der Waals surface area contributed by atoms with Gasteiger partial charge in [0, 0.05) is 6.04 Å². The monoisotopic (exact) mass is 222 g/mol. The third-order valence-electron chi connectivity index (χ3n) is 2.16. The molecule has 1 aromatic carbocycles. The normalized spacial score (nSPS) is 12.7. The Labute approximate surface area is 92.7 Å². The Bertz CT molecular complexity index is 450. The quantitative estimate of drug-likeness (QED) is 0.845. The van der Waals surface area contributed by atoms with E-state index in [1.807, 2.05) is 25.1 Å². The minimum atomic E-state index is -0.0210. The van der Waals surface area contributed by atoms with Gasteiger partial charge in [-0.1, -0.05) is 17.7 Å². The van der Waals surface area contributed by atoms with E-state index in [-0.39, 0.29) is 6.04 Å². The van der Waals surface area contributed by atoms with Crippen molar-refractivity contribution < 1.29 is 0 Å². The smallest absolute Gasteiger partial charge is 0.138 e. The van der Waals surface area contributed by atoms with Crippen LogP contribution < -0.4 is 5.73 Å². The molecule has 4 nitrogen and oxygen atoms in total. The Morgan fingerprint density at radius 3 is 2.80 bits per heavy atom. The second kappa shape index (κ2) is 4.00. The van der Waals surface area contributed by atoms with Crippen LogP contribution in [0.4, 0.5) is 0 Å². The van der Waals surface area contributed by atoms with Crippen molar-refractivity contribution in [1.82, 2.24) is 14.8 Å². The zero-order chi connectivity index (χ0) is 10.8. The SMILES string of the molecule is C[C@@H](N)c1ccc(-n2cncn2)c(Cl)c1. The molecule has 0 radical (unpaired) electrons. The van der Waals surface area contributed by atoms with Crippen LogP contribution in [0.3, 0.4) is 0 Å². The zero-order valence-corrected chi connectivity index (χ0v) is 9.02. The Balaban J connectivity index is 2.44. The Hall–Kier alpha value is -1.39. The zero-order valence-electron chi connectivity index (χ0n) is 8.26. The van der Waals surface area contributed by atoms with E-state index in [9.17, 15) is 0 Å². The van der Waals surface area contributed by atoms with Gasteiger partial charge < -0.3 is 5.73 Å². The van der Waals surface area contributed by atoms with Crippen molar-refractivity contribution in [2.24, 2.45) is 5.73 Å².